The van der Waals surface area contributed by atoms with E-state index in [2.05, 4.69) is 24.1 Å². The fourth-order valence-electron chi connectivity index (χ4n) is 3.53. The minimum atomic E-state index is -0.232. The van der Waals surface area contributed by atoms with Gasteiger partial charge in [0, 0.05) is 31.7 Å². The second kappa shape index (κ2) is 8.63. The van der Waals surface area contributed by atoms with Gasteiger partial charge in [-0.1, -0.05) is 24.3 Å². The minimum Gasteiger partial charge on any atom is -0.373 e. The molecule has 1 N–H and O–H groups in total. The lowest BCUT2D eigenvalue weighted by molar-refractivity contribution is -0.0704. The number of aryl methyl sites for hydroxylation is 1. The Morgan fingerprint density at radius 1 is 1.11 bits per heavy atom. The molecule has 2 aromatic carbocycles. The van der Waals surface area contributed by atoms with Crippen LogP contribution in [0.3, 0.4) is 0 Å². The van der Waals surface area contributed by atoms with Crippen LogP contribution in [0.2, 0.25) is 0 Å². The van der Waals surface area contributed by atoms with Crippen LogP contribution >= 0.6 is 0 Å². The first kappa shape index (κ1) is 19.5. The lowest BCUT2D eigenvalue weighted by Crippen LogP contribution is -2.44. The minimum absolute atomic E-state index is 0.128. The number of nitrogens with one attached hydrogen (secondary N) is 1. The summed E-state index contributed by atoms with van der Waals surface area (Å²) in [6, 6.07) is 12.6. The average Bonchev–Trinajstić information content (AvgIpc) is 2.62. The molecule has 2 aromatic rings. The summed E-state index contributed by atoms with van der Waals surface area (Å²) in [5.74, 6) is -0.359. The van der Waals surface area contributed by atoms with E-state index in [0.29, 0.717) is 17.7 Å². The Morgan fingerprint density at radius 2 is 1.74 bits per heavy atom. The van der Waals surface area contributed by atoms with Crippen molar-refractivity contribution in [2.24, 2.45) is 0 Å². The highest BCUT2D eigenvalue weighted by Gasteiger charge is 2.22. The van der Waals surface area contributed by atoms with Gasteiger partial charge in [-0.15, -0.1) is 0 Å². The van der Waals surface area contributed by atoms with E-state index in [1.54, 1.807) is 19.1 Å². The smallest absolute Gasteiger partial charge is 0.251 e. The summed E-state index contributed by atoms with van der Waals surface area (Å²) in [6.07, 6.45) is 0.489. The summed E-state index contributed by atoms with van der Waals surface area (Å²) >= 11 is 0. The van der Waals surface area contributed by atoms with Gasteiger partial charge in [-0.3, -0.25) is 9.69 Å². The van der Waals surface area contributed by atoms with Crippen LogP contribution in [0.15, 0.2) is 42.5 Å². The second-order valence-electron chi connectivity index (χ2n) is 7.41. The summed E-state index contributed by atoms with van der Waals surface area (Å²) < 4.78 is 19.1. The number of ether oxygens (including phenoxy) is 1. The molecule has 2 atom stereocenters. The number of amides is 1. The molecule has 0 aromatic heterocycles. The molecule has 4 nitrogen and oxygen atoms in total. The van der Waals surface area contributed by atoms with Crippen molar-refractivity contribution in [3.05, 3.63) is 70.5 Å². The van der Waals surface area contributed by atoms with Crippen LogP contribution in [-0.4, -0.2) is 36.1 Å². The van der Waals surface area contributed by atoms with Crippen LogP contribution in [0.4, 0.5) is 4.39 Å². The molecule has 1 aliphatic heterocycles. The van der Waals surface area contributed by atoms with Crippen molar-refractivity contribution in [2.45, 2.75) is 46.1 Å². The van der Waals surface area contributed by atoms with Crippen LogP contribution in [-0.2, 0) is 17.8 Å². The summed E-state index contributed by atoms with van der Waals surface area (Å²) in [5.41, 5.74) is 3.27. The van der Waals surface area contributed by atoms with Gasteiger partial charge in [-0.05, 0) is 55.7 Å². The maximum atomic E-state index is 13.3. The zero-order valence-corrected chi connectivity index (χ0v) is 16.2. The summed E-state index contributed by atoms with van der Waals surface area (Å²) in [6.45, 7) is 8.99. The summed E-state index contributed by atoms with van der Waals surface area (Å²) in [5, 5.41) is 2.89. The van der Waals surface area contributed by atoms with E-state index in [-0.39, 0.29) is 23.9 Å². The molecule has 1 heterocycles. The highest BCUT2D eigenvalue weighted by atomic mass is 19.1. The van der Waals surface area contributed by atoms with Crippen molar-refractivity contribution in [2.75, 3.05) is 13.1 Å². The molecule has 5 heteroatoms. The molecular weight excluding hydrogens is 343 g/mol. The molecule has 144 valence electrons. The fourth-order valence-corrected chi connectivity index (χ4v) is 3.53. The largest absolute Gasteiger partial charge is 0.373 e. The Balaban J connectivity index is 1.54. The molecule has 0 aliphatic carbocycles. The number of morpholine rings is 1. The summed E-state index contributed by atoms with van der Waals surface area (Å²) in [4.78, 5) is 14.7. The van der Waals surface area contributed by atoms with E-state index in [0.717, 1.165) is 25.2 Å². The first-order chi connectivity index (χ1) is 12.9. The molecule has 1 aliphatic rings. The molecule has 3 rings (SSSR count). The zero-order valence-electron chi connectivity index (χ0n) is 16.2. The van der Waals surface area contributed by atoms with E-state index in [4.69, 9.17) is 4.74 Å². The van der Waals surface area contributed by atoms with Crippen LogP contribution in [0.5, 0.6) is 0 Å². The van der Waals surface area contributed by atoms with Crippen LogP contribution < -0.4 is 5.32 Å². The zero-order chi connectivity index (χ0) is 19.4. The van der Waals surface area contributed by atoms with Gasteiger partial charge >= 0.3 is 0 Å². The molecule has 27 heavy (non-hydrogen) atoms. The van der Waals surface area contributed by atoms with Gasteiger partial charge in [0.05, 0.1) is 12.2 Å². The normalized spacial score (nSPS) is 20.4. The quantitative estimate of drug-likeness (QED) is 0.873. The SMILES string of the molecule is Cc1cc(CNC(=O)c2ccc(CN3CC(C)OC(C)C3)cc2)ccc1F. The lowest BCUT2D eigenvalue weighted by atomic mass is 10.1. The van der Waals surface area contributed by atoms with Crippen LogP contribution in [0.1, 0.15) is 40.9 Å². The Kier molecular flexibility index (Phi) is 6.24. The standard InChI is InChI=1S/C22H27FN2O2/c1-15-10-19(6-9-21(15)23)11-24-22(26)20-7-4-18(5-8-20)14-25-12-16(2)27-17(3)13-25/h4-10,16-17H,11-14H2,1-3H3,(H,24,26). The third-order valence-electron chi connectivity index (χ3n) is 4.79. The maximum Gasteiger partial charge on any atom is 0.251 e. The number of halogens is 1. The topological polar surface area (TPSA) is 41.6 Å². The Bertz CT molecular complexity index is 781. The molecular formula is C22H27FN2O2. The van der Waals surface area contributed by atoms with Gasteiger partial charge < -0.3 is 10.1 Å². The van der Waals surface area contributed by atoms with Gasteiger partial charge in [0.15, 0.2) is 0 Å². The predicted molar refractivity (Wildman–Crippen MR) is 104 cm³/mol. The van der Waals surface area contributed by atoms with Crippen molar-refractivity contribution in [3.63, 3.8) is 0 Å². The highest BCUT2D eigenvalue weighted by Crippen LogP contribution is 2.15. The lowest BCUT2D eigenvalue weighted by Gasteiger charge is -2.35. The van der Waals surface area contributed by atoms with E-state index < -0.39 is 0 Å². The van der Waals surface area contributed by atoms with Crippen molar-refractivity contribution in [1.82, 2.24) is 10.2 Å². The monoisotopic (exact) mass is 370 g/mol. The molecule has 0 spiro atoms. The fraction of sp³-hybridized carbons (Fsp3) is 0.409. The summed E-state index contributed by atoms with van der Waals surface area (Å²) in [7, 11) is 0. The first-order valence-electron chi connectivity index (χ1n) is 9.40. The van der Waals surface area contributed by atoms with E-state index in [9.17, 15) is 9.18 Å². The third kappa shape index (κ3) is 5.37. The Labute approximate surface area is 160 Å². The predicted octanol–water partition coefficient (Wildman–Crippen LogP) is 3.67. The Hall–Kier alpha value is -2.24. The highest BCUT2D eigenvalue weighted by molar-refractivity contribution is 5.94. The van der Waals surface area contributed by atoms with Crippen molar-refractivity contribution < 1.29 is 13.9 Å². The molecule has 0 bridgehead atoms. The van der Waals surface area contributed by atoms with Crippen LogP contribution in [0, 0.1) is 12.7 Å². The second-order valence-corrected chi connectivity index (χ2v) is 7.41. The van der Waals surface area contributed by atoms with Crippen molar-refractivity contribution >= 4 is 5.91 Å². The first-order valence-corrected chi connectivity index (χ1v) is 9.40. The molecule has 0 saturated carbocycles. The number of carbonyl (C=O) groups is 1. The van der Waals surface area contributed by atoms with E-state index in [1.165, 1.54) is 11.6 Å². The molecule has 0 radical (unpaired) electrons. The number of carbonyl (C=O) groups excluding carboxylic acids is 1. The van der Waals surface area contributed by atoms with Gasteiger partial charge in [0.1, 0.15) is 5.82 Å². The Morgan fingerprint density at radius 3 is 2.37 bits per heavy atom. The number of nitrogens with zero attached hydrogens (tertiary/aromatic N) is 1. The van der Waals surface area contributed by atoms with Crippen LogP contribution in [0.25, 0.3) is 0 Å². The number of hydrogen-bond acceptors (Lipinski definition) is 3. The molecule has 1 saturated heterocycles. The van der Waals surface area contributed by atoms with Gasteiger partial charge in [-0.25, -0.2) is 4.39 Å². The number of rotatable bonds is 5. The van der Waals surface area contributed by atoms with Gasteiger partial charge in [0.2, 0.25) is 0 Å². The average molecular weight is 370 g/mol. The van der Waals surface area contributed by atoms with Crippen molar-refractivity contribution in [3.8, 4) is 0 Å². The van der Waals surface area contributed by atoms with Gasteiger partial charge in [-0.2, -0.15) is 0 Å². The van der Waals surface area contributed by atoms with Gasteiger partial charge in [0.25, 0.3) is 5.91 Å². The third-order valence-corrected chi connectivity index (χ3v) is 4.79. The van der Waals surface area contributed by atoms with E-state index in [1.807, 2.05) is 24.3 Å². The molecule has 1 fully saturated rings. The van der Waals surface area contributed by atoms with Crippen molar-refractivity contribution in [1.29, 1.82) is 0 Å². The molecule has 1 amide bonds. The maximum absolute atomic E-state index is 13.3. The number of hydrogen-bond donors (Lipinski definition) is 1. The van der Waals surface area contributed by atoms with E-state index >= 15 is 0 Å². The molecule has 2 unspecified atom stereocenters. The number of benzene rings is 2.